The van der Waals surface area contributed by atoms with Crippen molar-refractivity contribution >= 4 is 11.5 Å². The second-order valence-corrected chi connectivity index (χ2v) is 5.15. The Morgan fingerprint density at radius 3 is 2.41 bits per heavy atom. The normalized spacial score (nSPS) is 24.7. The van der Waals surface area contributed by atoms with Crippen LogP contribution in [0.15, 0.2) is 24.3 Å². The van der Waals surface area contributed by atoms with Crippen molar-refractivity contribution in [1.82, 2.24) is 0 Å². The second kappa shape index (κ2) is 4.78. The zero-order chi connectivity index (χ0) is 12.4. The third kappa shape index (κ3) is 2.60. The maximum atomic E-state index is 7.37. The molecule has 1 saturated heterocycles. The number of nitrogens with two attached hydrogens (primary N) is 1. The van der Waals surface area contributed by atoms with E-state index >= 15 is 0 Å². The highest BCUT2D eigenvalue weighted by molar-refractivity contribution is 5.95. The van der Waals surface area contributed by atoms with Crippen molar-refractivity contribution in [2.75, 3.05) is 18.0 Å². The van der Waals surface area contributed by atoms with Gasteiger partial charge in [-0.3, -0.25) is 5.41 Å². The Labute approximate surface area is 103 Å². The van der Waals surface area contributed by atoms with Gasteiger partial charge in [-0.25, -0.2) is 0 Å². The van der Waals surface area contributed by atoms with Crippen LogP contribution in [0.5, 0.6) is 0 Å². The molecule has 1 aliphatic rings. The van der Waals surface area contributed by atoms with Crippen LogP contribution >= 0.6 is 0 Å². The summed E-state index contributed by atoms with van der Waals surface area (Å²) in [4.78, 5) is 2.43. The average Bonchev–Trinajstić information content (AvgIpc) is 2.33. The van der Waals surface area contributed by atoms with E-state index < -0.39 is 0 Å². The van der Waals surface area contributed by atoms with Crippen LogP contribution in [0.4, 0.5) is 5.69 Å². The molecule has 3 nitrogen and oxygen atoms in total. The van der Waals surface area contributed by atoms with Crippen LogP contribution in [-0.2, 0) is 0 Å². The van der Waals surface area contributed by atoms with E-state index in [9.17, 15) is 0 Å². The van der Waals surface area contributed by atoms with E-state index in [-0.39, 0.29) is 5.84 Å². The average molecular weight is 231 g/mol. The fourth-order valence-electron chi connectivity index (χ4n) is 2.35. The Morgan fingerprint density at radius 2 is 1.88 bits per heavy atom. The monoisotopic (exact) mass is 231 g/mol. The summed E-state index contributed by atoms with van der Waals surface area (Å²) in [6.45, 7) is 6.91. The van der Waals surface area contributed by atoms with E-state index in [1.165, 1.54) is 12.1 Å². The van der Waals surface area contributed by atoms with Gasteiger partial charge in [-0.15, -0.1) is 0 Å². The molecule has 2 unspecified atom stereocenters. The van der Waals surface area contributed by atoms with Crippen molar-refractivity contribution in [3.05, 3.63) is 29.8 Å². The lowest BCUT2D eigenvalue weighted by atomic mass is 9.88. The molecule has 0 radical (unpaired) electrons. The Kier molecular flexibility index (Phi) is 3.36. The van der Waals surface area contributed by atoms with Gasteiger partial charge in [0.25, 0.3) is 0 Å². The van der Waals surface area contributed by atoms with Crippen LogP contribution < -0.4 is 10.6 Å². The Morgan fingerprint density at radius 1 is 1.24 bits per heavy atom. The Hall–Kier alpha value is -1.51. The predicted molar refractivity (Wildman–Crippen MR) is 72.6 cm³/mol. The summed E-state index contributed by atoms with van der Waals surface area (Å²) in [5.74, 6) is 1.70. The minimum absolute atomic E-state index is 0.136. The van der Waals surface area contributed by atoms with Crippen LogP contribution in [-0.4, -0.2) is 18.9 Å². The molecule has 0 amide bonds. The number of nitrogens with zero attached hydrogens (tertiary/aromatic N) is 1. The highest BCUT2D eigenvalue weighted by Crippen LogP contribution is 2.26. The summed E-state index contributed by atoms with van der Waals surface area (Å²) in [6.07, 6.45) is 1.26. The van der Waals surface area contributed by atoms with Gasteiger partial charge in [0, 0.05) is 24.3 Å². The molecular weight excluding hydrogens is 210 g/mol. The Bertz CT molecular complexity index is 396. The molecule has 0 saturated carbocycles. The van der Waals surface area contributed by atoms with Gasteiger partial charge in [-0.05, 0) is 42.5 Å². The fourth-order valence-corrected chi connectivity index (χ4v) is 2.35. The van der Waals surface area contributed by atoms with Gasteiger partial charge in [0.1, 0.15) is 5.84 Å². The predicted octanol–water partition coefficient (Wildman–Crippen LogP) is 2.45. The van der Waals surface area contributed by atoms with Crippen molar-refractivity contribution < 1.29 is 0 Å². The van der Waals surface area contributed by atoms with Crippen LogP contribution in [0.25, 0.3) is 0 Å². The van der Waals surface area contributed by atoms with E-state index in [1.54, 1.807) is 0 Å². The molecule has 1 aliphatic heterocycles. The summed E-state index contributed by atoms with van der Waals surface area (Å²) < 4.78 is 0. The summed E-state index contributed by atoms with van der Waals surface area (Å²) in [7, 11) is 0. The molecule has 17 heavy (non-hydrogen) atoms. The van der Waals surface area contributed by atoms with Crippen molar-refractivity contribution in [2.45, 2.75) is 20.3 Å². The molecule has 92 valence electrons. The van der Waals surface area contributed by atoms with Gasteiger partial charge in [-0.1, -0.05) is 13.8 Å². The summed E-state index contributed by atoms with van der Waals surface area (Å²) in [5.41, 5.74) is 7.49. The first kappa shape index (κ1) is 12.0. The van der Waals surface area contributed by atoms with Crippen molar-refractivity contribution in [1.29, 1.82) is 5.41 Å². The molecule has 3 N–H and O–H groups in total. The SMILES string of the molecule is CC1CCN(c2ccc(C(=N)N)cc2)CC1C. The molecule has 1 fully saturated rings. The van der Waals surface area contributed by atoms with E-state index in [4.69, 9.17) is 11.1 Å². The molecular formula is C14H21N3. The number of anilines is 1. The lowest BCUT2D eigenvalue weighted by molar-refractivity contribution is 0.324. The maximum absolute atomic E-state index is 7.37. The quantitative estimate of drug-likeness (QED) is 0.607. The molecule has 2 rings (SSSR count). The number of nitrogens with one attached hydrogen (secondary N) is 1. The standard InChI is InChI=1S/C14H21N3/c1-10-7-8-17(9-11(10)2)13-5-3-12(4-6-13)14(15)16/h3-6,10-11H,7-9H2,1-2H3,(H3,15,16). The van der Waals surface area contributed by atoms with E-state index in [0.717, 1.165) is 30.5 Å². The van der Waals surface area contributed by atoms with Crippen LogP contribution in [0, 0.1) is 17.2 Å². The number of hydrogen-bond acceptors (Lipinski definition) is 2. The van der Waals surface area contributed by atoms with Crippen molar-refractivity contribution in [3.63, 3.8) is 0 Å². The molecule has 3 heteroatoms. The number of benzene rings is 1. The first-order chi connectivity index (χ1) is 8.08. The minimum Gasteiger partial charge on any atom is -0.384 e. The third-order valence-electron chi connectivity index (χ3n) is 3.88. The van der Waals surface area contributed by atoms with Gasteiger partial charge in [0.15, 0.2) is 0 Å². The van der Waals surface area contributed by atoms with Gasteiger partial charge >= 0.3 is 0 Å². The molecule has 0 aromatic heterocycles. The lowest BCUT2D eigenvalue weighted by Gasteiger charge is -2.36. The van der Waals surface area contributed by atoms with Crippen LogP contribution in [0.1, 0.15) is 25.8 Å². The molecule has 0 aliphatic carbocycles. The zero-order valence-corrected chi connectivity index (χ0v) is 10.6. The smallest absolute Gasteiger partial charge is 0.122 e. The molecule has 0 spiro atoms. The molecule has 1 aromatic rings. The lowest BCUT2D eigenvalue weighted by Crippen LogP contribution is -2.38. The first-order valence-electron chi connectivity index (χ1n) is 6.27. The van der Waals surface area contributed by atoms with Gasteiger partial charge in [0.2, 0.25) is 0 Å². The van der Waals surface area contributed by atoms with Gasteiger partial charge < -0.3 is 10.6 Å². The van der Waals surface area contributed by atoms with Crippen molar-refractivity contribution in [3.8, 4) is 0 Å². The molecule has 0 bridgehead atoms. The molecule has 1 heterocycles. The first-order valence-corrected chi connectivity index (χ1v) is 6.27. The van der Waals surface area contributed by atoms with Crippen molar-refractivity contribution in [2.24, 2.45) is 17.6 Å². The van der Waals surface area contributed by atoms with Crippen LogP contribution in [0.3, 0.4) is 0 Å². The zero-order valence-electron chi connectivity index (χ0n) is 10.6. The minimum atomic E-state index is 0.136. The highest BCUT2D eigenvalue weighted by Gasteiger charge is 2.22. The summed E-state index contributed by atoms with van der Waals surface area (Å²) in [6, 6.07) is 8.00. The number of nitrogen functional groups attached to an aromatic ring is 1. The van der Waals surface area contributed by atoms with Gasteiger partial charge in [0.05, 0.1) is 0 Å². The molecule has 1 aromatic carbocycles. The largest absolute Gasteiger partial charge is 0.384 e. The highest BCUT2D eigenvalue weighted by atomic mass is 15.1. The van der Waals surface area contributed by atoms with E-state index in [0.29, 0.717) is 0 Å². The number of hydrogen-bond donors (Lipinski definition) is 2. The van der Waals surface area contributed by atoms with E-state index in [2.05, 4.69) is 30.9 Å². The third-order valence-corrected chi connectivity index (χ3v) is 3.88. The van der Waals surface area contributed by atoms with Crippen LogP contribution in [0.2, 0.25) is 0 Å². The van der Waals surface area contributed by atoms with E-state index in [1.807, 2.05) is 12.1 Å². The summed E-state index contributed by atoms with van der Waals surface area (Å²) in [5, 5.41) is 7.37. The number of piperidine rings is 1. The summed E-state index contributed by atoms with van der Waals surface area (Å²) >= 11 is 0. The molecule has 2 atom stereocenters. The van der Waals surface area contributed by atoms with Gasteiger partial charge in [-0.2, -0.15) is 0 Å². The number of amidine groups is 1. The Balaban J connectivity index is 2.10. The fraction of sp³-hybridized carbons (Fsp3) is 0.500. The second-order valence-electron chi connectivity index (χ2n) is 5.15. The topological polar surface area (TPSA) is 53.1 Å². The maximum Gasteiger partial charge on any atom is 0.122 e. The number of rotatable bonds is 2.